The zero-order chi connectivity index (χ0) is 26.1. The van der Waals surface area contributed by atoms with Gasteiger partial charge < -0.3 is 14.7 Å². The monoisotopic (exact) mass is 492 g/mol. The van der Waals surface area contributed by atoms with Crippen LogP contribution in [0.25, 0.3) is 0 Å². The molecular weight excluding hydrogens is 460 g/mol. The van der Waals surface area contributed by atoms with Crippen LogP contribution in [0.15, 0.2) is 54.6 Å². The number of ether oxygens (including phenoxy) is 1. The van der Waals surface area contributed by atoms with Crippen molar-refractivity contribution in [3.05, 3.63) is 71.3 Å². The van der Waals surface area contributed by atoms with E-state index in [0.717, 1.165) is 31.6 Å². The molecule has 2 aromatic carbocycles. The van der Waals surface area contributed by atoms with Gasteiger partial charge in [0.2, 0.25) is 0 Å². The Balaban J connectivity index is 1.53. The van der Waals surface area contributed by atoms with Gasteiger partial charge >= 0.3 is 5.97 Å². The number of hydrogen-bond donors (Lipinski definition) is 1. The number of nitrogens with zero attached hydrogens (tertiary/aromatic N) is 2. The van der Waals surface area contributed by atoms with E-state index in [-0.39, 0.29) is 40.9 Å². The van der Waals surface area contributed by atoms with Crippen molar-refractivity contribution in [1.29, 1.82) is 0 Å². The van der Waals surface area contributed by atoms with Gasteiger partial charge in [0.25, 0.3) is 11.8 Å². The van der Waals surface area contributed by atoms with Crippen LogP contribution < -0.4 is 4.90 Å². The number of hydrogen-bond acceptors (Lipinski definition) is 7. The second kappa shape index (κ2) is 12.7. The molecule has 36 heavy (non-hydrogen) atoms. The van der Waals surface area contributed by atoms with Gasteiger partial charge in [-0.25, -0.2) is 4.79 Å². The standard InChI is InChI=1S/C28H32N2O6/c1-3-29(4-2)20-13-14-23(24(31)19-20)27(34)21-11-7-8-12-22(21)28(35)36-18-10-6-5-9-17-30-25(32)15-16-26(30)33/h7-8,11-16,19,31H,3-6,9-10,17-18H2,1-2H3. The highest BCUT2D eigenvalue weighted by molar-refractivity contribution is 6.16. The number of phenolic OH excluding ortho intramolecular Hbond substituents is 1. The van der Waals surface area contributed by atoms with Crippen molar-refractivity contribution in [2.24, 2.45) is 0 Å². The van der Waals surface area contributed by atoms with Crippen LogP contribution in [0.1, 0.15) is 65.8 Å². The number of carbonyl (C=O) groups excluding carboxylic acids is 4. The molecule has 1 aliphatic heterocycles. The summed E-state index contributed by atoms with van der Waals surface area (Å²) in [6.45, 7) is 6.13. The molecule has 8 heteroatoms. The van der Waals surface area contributed by atoms with E-state index in [4.69, 9.17) is 4.74 Å². The van der Waals surface area contributed by atoms with Gasteiger partial charge in [0.05, 0.1) is 17.7 Å². The summed E-state index contributed by atoms with van der Waals surface area (Å²) in [5.74, 6) is -1.75. The molecular formula is C28H32N2O6. The number of imide groups is 1. The molecule has 2 aromatic rings. The van der Waals surface area contributed by atoms with Crippen molar-refractivity contribution in [2.45, 2.75) is 39.5 Å². The average Bonchev–Trinajstić information content (AvgIpc) is 3.20. The third kappa shape index (κ3) is 6.38. The predicted molar refractivity (Wildman–Crippen MR) is 136 cm³/mol. The Hall–Kier alpha value is -3.94. The van der Waals surface area contributed by atoms with E-state index >= 15 is 0 Å². The molecule has 0 fully saturated rings. The zero-order valence-corrected chi connectivity index (χ0v) is 20.7. The van der Waals surface area contributed by atoms with Crippen LogP contribution >= 0.6 is 0 Å². The fraction of sp³-hybridized carbons (Fsp3) is 0.357. The quantitative estimate of drug-likeness (QED) is 0.194. The lowest BCUT2D eigenvalue weighted by molar-refractivity contribution is -0.136. The first-order chi connectivity index (χ1) is 17.4. The largest absolute Gasteiger partial charge is 0.507 e. The number of unbranched alkanes of at least 4 members (excludes halogenated alkanes) is 3. The molecule has 0 unspecified atom stereocenters. The number of esters is 1. The number of ketones is 1. The fourth-order valence-electron chi connectivity index (χ4n) is 4.12. The van der Waals surface area contributed by atoms with Gasteiger partial charge in [-0.3, -0.25) is 19.3 Å². The Morgan fingerprint density at radius 1 is 0.861 bits per heavy atom. The van der Waals surface area contributed by atoms with Gasteiger partial charge in [-0.15, -0.1) is 0 Å². The van der Waals surface area contributed by atoms with Crippen LogP contribution in [0.4, 0.5) is 5.69 Å². The number of aromatic hydroxyl groups is 1. The maximum absolute atomic E-state index is 13.2. The number of phenols is 1. The summed E-state index contributed by atoms with van der Waals surface area (Å²) >= 11 is 0. The molecule has 1 aliphatic rings. The molecule has 190 valence electrons. The summed E-state index contributed by atoms with van der Waals surface area (Å²) < 4.78 is 5.39. The summed E-state index contributed by atoms with van der Waals surface area (Å²) in [5.41, 5.74) is 1.25. The molecule has 0 saturated heterocycles. The first-order valence-corrected chi connectivity index (χ1v) is 12.3. The van der Waals surface area contributed by atoms with Crippen molar-refractivity contribution < 1.29 is 29.0 Å². The topological polar surface area (TPSA) is 104 Å². The molecule has 2 amide bonds. The second-order valence-corrected chi connectivity index (χ2v) is 8.46. The molecule has 0 aliphatic carbocycles. The Kier molecular flexibility index (Phi) is 9.39. The van der Waals surface area contributed by atoms with Crippen LogP contribution in [0.3, 0.4) is 0 Å². The van der Waals surface area contributed by atoms with Crippen LogP contribution in [-0.4, -0.2) is 59.8 Å². The highest BCUT2D eigenvalue weighted by atomic mass is 16.5. The highest BCUT2D eigenvalue weighted by Crippen LogP contribution is 2.28. The number of anilines is 1. The molecule has 0 radical (unpaired) electrons. The molecule has 8 nitrogen and oxygen atoms in total. The van der Waals surface area contributed by atoms with E-state index in [0.29, 0.717) is 19.4 Å². The van der Waals surface area contributed by atoms with Crippen molar-refractivity contribution in [3.63, 3.8) is 0 Å². The summed E-state index contributed by atoms with van der Waals surface area (Å²) in [6, 6.07) is 11.3. The molecule has 0 bridgehead atoms. The smallest absolute Gasteiger partial charge is 0.338 e. The maximum Gasteiger partial charge on any atom is 0.338 e. The minimum atomic E-state index is -0.600. The van der Waals surface area contributed by atoms with E-state index in [2.05, 4.69) is 4.90 Å². The minimum absolute atomic E-state index is 0.122. The Labute approximate surface area is 211 Å². The van der Waals surface area contributed by atoms with Crippen LogP contribution in [-0.2, 0) is 14.3 Å². The normalized spacial score (nSPS) is 12.8. The molecule has 0 saturated carbocycles. The van der Waals surface area contributed by atoms with E-state index in [9.17, 15) is 24.3 Å². The molecule has 0 aromatic heterocycles. The van der Waals surface area contributed by atoms with Gasteiger partial charge in [-0.2, -0.15) is 0 Å². The first-order valence-electron chi connectivity index (χ1n) is 12.3. The van der Waals surface area contributed by atoms with E-state index in [1.54, 1.807) is 36.4 Å². The fourth-order valence-corrected chi connectivity index (χ4v) is 4.12. The van der Waals surface area contributed by atoms with Gasteiger partial charge in [0.1, 0.15) is 5.75 Å². The third-order valence-corrected chi connectivity index (χ3v) is 6.16. The molecule has 0 atom stereocenters. The lowest BCUT2D eigenvalue weighted by atomic mass is 9.97. The number of rotatable bonds is 13. The molecule has 1 N–H and O–H groups in total. The first kappa shape index (κ1) is 26.7. The van der Waals surface area contributed by atoms with Crippen molar-refractivity contribution in [2.75, 3.05) is 31.1 Å². The summed E-state index contributed by atoms with van der Waals surface area (Å²) in [6.07, 6.45) is 5.40. The Bertz CT molecular complexity index is 1130. The van der Waals surface area contributed by atoms with E-state index in [1.165, 1.54) is 23.1 Å². The lowest BCUT2D eigenvalue weighted by Gasteiger charge is -2.21. The van der Waals surface area contributed by atoms with Crippen molar-refractivity contribution in [1.82, 2.24) is 4.90 Å². The zero-order valence-electron chi connectivity index (χ0n) is 20.7. The Morgan fingerprint density at radius 2 is 1.50 bits per heavy atom. The van der Waals surface area contributed by atoms with Crippen molar-refractivity contribution in [3.8, 4) is 5.75 Å². The van der Waals surface area contributed by atoms with Crippen LogP contribution in [0.2, 0.25) is 0 Å². The van der Waals surface area contributed by atoms with Crippen LogP contribution in [0.5, 0.6) is 5.75 Å². The van der Waals surface area contributed by atoms with Gasteiger partial charge in [0.15, 0.2) is 5.78 Å². The highest BCUT2D eigenvalue weighted by Gasteiger charge is 2.23. The third-order valence-electron chi connectivity index (χ3n) is 6.16. The van der Waals surface area contributed by atoms with Gasteiger partial charge in [0, 0.05) is 49.1 Å². The minimum Gasteiger partial charge on any atom is -0.507 e. The average molecular weight is 493 g/mol. The SMILES string of the molecule is CCN(CC)c1ccc(C(=O)c2ccccc2C(=O)OCCCCCCN2C(=O)C=CC2=O)c(O)c1. The summed E-state index contributed by atoms with van der Waals surface area (Å²) in [4.78, 5) is 52.2. The summed E-state index contributed by atoms with van der Waals surface area (Å²) in [5, 5.41) is 10.5. The van der Waals surface area contributed by atoms with Gasteiger partial charge in [-0.05, 0) is 51.3 Å². The van der Waals surface area contributed by atoms with Crippen molar-refractivity contribution >= 4 is 29.3 Å². The van der Waals surface area contributed by atoms with Crippen LogP contribution in [0, 0.1) is 0 Å². The van der Waals surface area contributed by atoms with E-state index < -0.39 is 11.8 Å². The molecule has 0 spiro atoms. The Morgan fingerprint density at radius 3 is 2.14 bits per heavy atom. The van der Waals surface area contributed by atoms with Gasteiger partial charge in [-0.1, -0.05) is 24.6 Å². The lowest BCUT2D eigenvalue weighted by Crippen LogP contribution is -2.30. The predicted octanol–water partition coefficient (Wildman–Crippen LogP) is 4.11. The summed E-state index contributed by atoms with van der Waals surface area (Å²) in [7, 11) is 0. The number of benzene rings is 2. The van der Waals surface area contributed by atoms with E-state index in [1.807, 2.05) is 13.8 Å². The number of carbonyl (C=O) groups is 4. The molecule has 1 heterocycles. The molecule has 3 rings (SSSR count). The number of amides is 2. The second-order valence-electron chi connectivity index (χ2n) is 8.46. The maximum atomic E-state index is 13.2.